The minimum Gasteiger partial charge on any atom is -0.456 e. The molecule has 10 heteroatoms. The van der Waals surface area contributed by atoms with Crippen LogP contribution in [0.15, 0.2) is 72.9 Å². The van der Waals surface area contributed by atoms with E-state index in [0.29, 0.717) is 23.9 Å². The fourth-order valence-corrected chi connectivity index (χ4v) is 9.94. The molecule has 0 spiro atoms. The van der Waals surface area contributed by atoms with Crippen molar-refractivity contribution >= 4 is 19.7 Å². The summed E-state index contributed by atoms with van der Waals surface area (Å²) in [6.07, 6.45) is 73.2. The highest BCUT2D eigenvalue weighted by molar-refractivity contribution is 7.47. The maximum absolute atomic E-state index is 13.6. The highest BCUT2D eigenvalue weighted by Gasteiger charge is 2.30. The van der Waals surface area contributed by atoms with Gasteiger partial charge in [-0.1, -0.05) is 274 Å². The number of likely N-dealkylation sites (N-methyl/N-ethyl adjacent to an activating group) is 1. The van der Waals surface area contributed by atoms with Gasteiger partial charge in [-0.3, -0.25) is 18.6 Å². The number of nitrogens with zero attached hydrogens (tertiary/aromatic N) is 1. The van der Waals surface area contributed by atoms with Crippen molar-refractivity contribution in [1.29, 1.82) is 0 Å². The topological polar surface area (TPSA) is 111 Å². The molecule has 0 aliphatic carbocycles. The monoisotopic (exact) mass is 1100 g/mol. The number of unbranched alkanes of at least 4 members (excludes halogenated alkanes) is 32. The van der Waals surface area contributed by atoms with Gasteiger partial charge in [0.15, 0.2) is 0 Å². The van der Waals surface area contributed by atoms with Gasteiger partial charge in [0.25, 0.3) is 0 Å². The molecular formula is C67H124N2O7P+. The second-order valence-electron chi connectivity index (χ2n) is 22.9. The number of phosphoric acid groups is 1. The van der Waals surface area contributed by atoms with Crippen LogP contribution in [-0.4, -0.2) is 74.3 Å². The van der Waals surface area contributed by atoms with Gasteiger partial charge in [0.1, 0.15) is 19.3 Å². The summed E-state index contributed by atoms with van der Waals surface area (Å²) < 4.78 is 30.7. The molecule has 77 heavy (non-hydrogen) atoms. The van der Waals surface area contributed by atoms with Crippen molar-refractivity contribution in [2.24, 2.45) is 0 Å². The summed E-state index contributed by atoms with van der Waals surface area (Å²) in [6, 6.07) is -0.855. The van der Waals surface area contributed by atoms with E-state index in [9.17, 15) is 19.0 Å². The number of allylic oxidation sites excluding steroid dienone is 11. The molecule has 0 saturated carbocycles. The number of quaternary nitrogens is 1. The average molecular weight is 1100 g/mol. The molecular weight excluding hydrogens is 976 g/mol. The fourth-order valence-electron chi connectivity index (χ4n) is 9.20. The van der Waals surface area contributed by atoms with Crippen LogP contribution in [0.25, 0.3) is 0 Å². The molecule has 3 unspecified atom stereocenters. The molecule has 2 N–H and O–H groups in total. The Hall–Kier alpha value is -2.55. The SMILES string of the molecule is CC/C=C\C/C=C\C/C=C\C/C=C\C/C=C\CCCCCCCCCC(=O)NC(COP(=O)(O)OCC[N+](C)(C)C)C(/C=C\CCCCCCCCCCCCC)OC(=O)CCCCCCCCCCCCCCCCC. The normalized spacial score (nSPS) is 14.1. The maximum Gasteiger partial charge on any atom is 0.472 e. The van der Waals surface area contributed by atoms with E-state index in [1.807, 2.05) is 33.3 Å². The summed E-state index contributed by atoms with van der Waals surface area (Å²) in [5.74, 6) is -0.510. The number of ether oxygens (including phenoxy) is 1. The molecule has 3 atom stereocenters. The molecule has 0 aromatic carbocycles. The van der Waals surface area contributed by atoms with E-state index >= 15 is 0 Å². The zero-order chi connectivity index (χ0) is 56.4. The van der Waals surface area contributed by atoms with Crippen molar-refractivity contribution in [2.45, 2.75) is 303 Å². The Balaban J connectivity index is 5.23. The minimum absolute atomic E-state index is 0.0368. The average Bonchev–Trinajstić information content (AvgIpc) is 3.39. The molecule has 0 fully saturated rings. The number of phosphoric ester groups is 1. The number of hydrogen-bond donors (Lipinski definition) is 2. The van der Waals surface area contributed by atoms with Crippen LogP contribution in [0, 0.1) is 0 Å². The Labute approximate surface area is 476 Å². The Kier molecular flexibility index (Phi) is 54.8. The first-order valence-electron chi connectivity index (χ1n) is 32.3. The summed E-state index contributed by atoms with van der Waals surface area (Å²) in [5.41, 5.74) is 0. The molecule has 0 heterocycles. The Bertz CT molecular complexity index is 1550. The lowest BCUT2D eigenvalue weighted by Crippen LogP contribution is -2.47. The summed E-state index contributed by atoms with van der Waals surface area (Å²) in [5, 5.41) is 3.06. The summed E-state index contributed by atoms with van der Waals surface area (Å²) in [4.78, 5) is 37.8. The molecule has 0 aliphatic rings. The van der Waals surface area contributed by atoms with Gasteiger partial charge in [0.05, 0.1) is 33.8 Å². The highest BCUT2D eigenvalue weighted by Crippen LogP contribution is 2.43. The van der Waals surface area contributed by atoms with Gasteiger partial charge in [-0.25, -0.2) is 4.57 Å². The van der Waals surface area contributed by atoms with Gasteiger partial charge < -0.3 is 19.4 Å². The van der Waals surface area contributed by atoms with Crippen LogP contribution in [0.2, 0.25) is 0 Å². The molecule has 0 radical (unpaired) electrons. The molecule has 448 valence electrons. The maximum atomic E-state index is 13.6. The van der Waals surface area contributed by atoms with Crippen LogP contribution in [-0.2, 0) is 27.9 Å². The van der Waals surface area contributed by atoms with E-state index in [0.717, 1.165) is 103 Å². The number of nitrogens with one attached hydrogen (secondary N) is 1. The fraction of sp³-hybridized carbons (Fsp3) is 0.791. The summed E-state index contributed by atoms with van der Waals surface area (Å²) in [7, 11) is 1.49. The molecule has 1 amide bonds. The lowest BCUT2D eigenvalue weighted by atomic mass is 10.0. The van der Waals surface area contributed by atoms with Crippen molar-refractivity contribution in [2.75, 3.05) is 40.9 Å². The number of carbonyl (C=O) groups is 2. The van der Waals surface area contributed by atoms with E-state index in [1.54, 1.807) is 0 Å². The summed E-state index contributed by atoms with van der Waals surface area (Å²) >= 11 is 0. The quantitative estimate of drug-likeness (QED) is 0.0205. The minimum atomic E-state index is -4.45. The van der Waals surface area contributed by atoms with Gasteiger partial charge in [-0.05, 0) is 76.7 Å². The van der Waals surface area contributed by atoms with E-state index in [4.69, 9.17) is 13.8 Å². The molecule has 0 aromatic heterocycles. The van der Waals surface area contributed by atoms with Gasteiger partial charge >= 0.3 is 13.8 Å². The number of hydrogen-bond acceptors (Lipinski definition) is 6. The second-order valence-corrected chi connectivity index (χ2v) is 24.4. The predicted octanol–water partition coefficient (Wildman–Crippen LogP) is 20.0. The van der Waals surface area contributed by atoms with Crippen molar-refractivity contribution in [3.8, 4) is 0 Å². The first-order valence-corrected chi connectivity index (χ1v) is 33.8. The van der Waals surface area contributed by atoms with Gasteiger partial charge in [0, 0.05) is 12.8 Å². The summed E-state index contributed by atoms with van der Waals surface area (Å²) in [6.45, 7) is 6.91. The smallest absolute Gasteiger partial charge is 0.456 e. The molecule has 9 nitrogen and oxygen atoms in total. The van der Waals surface area contributed by atoms with Crippen LogP contribution in [0.5, 0.6) is 0 Å². The highest BCUT2D eigenvalue weighted by atomic mass is 31.2. The van der Waals surface area contributed by atoms with Crippen molar-refractivity contribution in [1.82, 2.24) is 5.32 Å². The lowest BCUT2D eigenvalue weighted by molar-refractivity contribution is -0.870. The van der Waals surface area contributed by atoms with Gasteiger partial charge in [-0.2, -0.15) is 0 Å². The van der Waals surface area contributed by atoms with Crippen LogP contribution >= 0.6 is 7.82 Å². The number of rotatable bonds is 58. The van der Waals surface area contributed by atoms with Crippen LogP contribution < -0.4 is 5.32 Å². The third-order valence-electron chi connectivity index (χ3n) is 14.2. The van der Waals surface area contributed by atoms with E-state index in [-0.39, 0.29) is 25.1 Å². The third-order valence-corrected chi connectivity index (χ3v) is 15.1. The van der Waals surface area contributed by atoms with E-state index < -0.39 is 20.0 Å². The van der Waals surface area contributed by atoms with Gasteiger partial charge in [-0.15, -0.1) is 0 Å². The zero-order valence-corrected chi connectivity index (χ0v) is 52.1. The largest absolute Gasteiger partial charge is 0.472 e. The number of amides is 1. The zero-order valence-electron chi connectivity index (χ0n) is 51.2. The number of esters is 1. The Morgan fingerprint density at radius 1 is 0.468 bits per heavy atom. The van der Waals surface area contributed by atoms with Crippen LogP contribution in [0.3, 0.4) is 0 Å². The van der Waals surface area contributed by atoms with Crippen LogP contribution in [0.1, 0.15) is 290 Å². The molecule has 0 saturated heterocycles. The Morgan fingerprint density at radius 3 is 1.25 bits per heavy atom. The lowest BCUT2D eigenvalue weighted by Gasteiger charge is -2.27. The van der Waals surface area contributed by atoms with E-state index in [2.05, 4.69) is 86.8 Å². The van der Waals surface area contributed by atoms with Crippen molar-refractivity contribution in [3.05, 3.63) is 72.9 Å². The number of carbonyl (C=O) groups excluding carboxylic acids is 2. The Morgan fingerprint density at radius 2 is 0.831 bits per heavy atom. The predicted molar refractivity (Wildman–Crippen MR) is 332 cm³/mol. The third kappa shape index (κ3) is 57.9. The molecule has 0 bridgehead atoms. The van der Waals surface area contributed by atoms with Crippen molar-refractivity contribution < 1.29 is 37.3 Å². The molecule has 0 aliphatic heterocycles. The van der Waals surface area contributed by atoms with E-state index in [1.165, 1.54) is 154 Å². The molecule has 0 aromatic rings. The first-order chi connectivity index (χ1) is 37.4. The molecule has 0 rings (SSSR count). The van der Waals surface area contributed by atoms with Crippen molar-refractivity contribution in [3.63, 3.8) is 0 Å². The second kappa shape index (κ2) is 56.7. The standard InChI is InChI=1S/C67H123N2O7P/c1-7-10-13-16-19-22-25-28-30-31-32-33-34-35-36-37-39-41-44-47-50-53-56-59-66(70)68-64(63-75-77(72,73)74-62-61-69(4,5)6)65(58-55-52-49-46-43-40-27-24-21-18-15-12-9-3)76-67(71)60-57-54-51-48-45-42-38-29-26-23-20-17-14-11-8-2/h10,13,19,22,28,30,32-33,35-36,55,58,64-65H,7-9,11-12,14-18,20-21,23-27,29,31,34,37-54,56-57,59-63H2,1-6H3,(H-,68,70,72,73)/p+1/b13-10-,22-19-,30-28-,33-32-,36-35-,58-55-. The first kappa shape index (κ1) is 74.5. The van der Waals surface area contributed by atoms with Gasteiger partial charge in [0.2, 0.25) is 5.91 Å². The van der Waals surface area contributed by atoms with Crippen LogP contribution in [0.4, 0.5) is 0 Å².